The van der Waals surface area contributed by atoms with Crippen molar-refractivity contribution in [1.82, 2.24) is 14.5 Å². The Balaban J connectivity index is 1.77. The lowest BCUT2D eigenvalue weighted by atomic mass is 9.92. The lowest BCUT2D eigenvalue weighted by Crippen LogP contribution is -2.41. The second kappa shape index (κ2) is 8.21. The average molecular weight is 500 g/mol. The minimum atomic E-state index is -3.90. The van der Waals surface area contributed by atoms with E-state index in [-0.39, 0.29) is 35.4 Å². The number of aromatic nitrogens is 3. The molecule has 0 aliphatic heterocycles. The van der Waals surface area contributed by atoms with Crippen molar-refractivity contribution in [3.63, 3.8) is 0 Å². The Labute approximate surface area is 195 Å². The van der Waals surface area contributed by atoms with Crippen LogP contribution in [-0.4, -0.2) is 31.7 Å². The highest BCUT2D eigenvalue weighted by Gasteiger charge is 2.54. The lowest BCUT2D eigenvalue weighted by Gasteiger charge is -2.30. The molecule has 0 unspecified atom stereocenters. The van der Waals surface area contributed by atoms with Crippen molar-refractivity contribution in [2.24, 2.45) is 0 Å². The Kier molecular flexibility index (Phi) is 5.86. The zero-order valence-corrected chi connectivity index (χ0v) is 19.0. The molecule has 4 rings (SSSR count). The maximum Gasteiger partial charge on any atom is 0.303 e. The Bertz CT molecular complexity index is 1360. The topological polar surface area (TPSA) is 80.0 Å². The van der Waals surface area contributed by atoms with Gasteiger partial charge >= 0.3 is 5.92 Å². The van der Waals surface area contributed by atoms with Crippen LogP contribution >= 0.6 is 0 Å². The number of rotatable bonds is 7. The van der Waals surface area contributed by atoms with Gasteiger partial charge in [0.2, 0.25) is 5.82 Å². The molecule has 3 aromatic rings. The molecule has 0 atom stereocenters. The summed E-state index contributed by atoms with van der Waals surface area (Å²) in [7, 11) is 0. The molecule has 0 spiro atoms. The number of hydrogen-bond donors (Lipinski definition) is 2. The van der Waals surface area contributed by atoms with Crippen LogP contribution in [0.3, 0.4) is 0 Å². The second-order valence-corrected chi connectivity index (χ2v) is 9.17. The summed E-state index contributed by atoms with van der Waals surface area (Å²) in [5.74, 6) is -6.56. The predicted molar refractivity (Wildman–Crippen MR) is 116 cm³/mol. The third-order valence-electron chi connectivity index (χ3n) is 6.21. The Hall–Kier alpha value is -3.15. The number of hydrogen-bond acceptors (Lipinski definition) is 5. The number of anilines is 1. The minimum absolute atomic E-state index is 0.0155. The quantitative estimate of drug-likeness (QED) is 0.464. The van der Waals surface area contributed by atoms with Crippen molar-refractivity contribution < 1.29 is 31.4 Å². The van der Waals surface area contributed by atoms with E-state index >= 15 is 0 Å². The monoisotopic (exact) mass is 500 g/mol. The summed E-state index contributed by atoms with van der Waals surface area (Å²) in [5, 5.41) is 12.4. The maximum atomic E-state index is 15.0. The summed E-state index contributed by atoms with van der Waals surface area (Å²) in [5.41, 5.74) is -7.24. The number of halogens is 6. The number of nitrogens with one attached hydrogen (secondary N) is 1. The summed E-state index contributed by atoms with van der Waals surface area (Å²) >= 11 is 0. The van der Waals surface area contributed by atoms with Crippen LogP contribution in [0.1, 0.15) is 43.6 Å². The van der Waals surface area contributed by atoms with Gasteiger partial charge in [-0.3, -0.25) is 4.79 Å². The standard InChI is InChI=1S/C23H22F6N4O2/c1-11-31-17-13(10-33(19(34)16(17)25)22(7-8-22)20(26)27)18(32-11)30-9-12-5-4-6-14(15(12)24)23(28,29)21(2,3)35/h4-6,10,20,35H,7-9H2,1-3H3,(H,30,31,32). The second-order valence-electron chi connectivity index (χ2n) is 9.17. The zero-order chi connectivity index (χ0) is 25.9. The normalized spacial score (nSPS) is 15.6. The first kappa shape index (κ1) is 25.0. The molecule has 35 heavy (non-hydrogen) atoms. The zero-order valence-electron chi connectivity index (χ0n) is 19.0. The smallest absolute Gasteiger partial charge is 0.303 e. The number of fused-ring (bicyclic) bond motifs is 1. The molecule has 0 saturated heterocycles. The molecule has 2 heterocycles. The highest BCUT2D eigenvalue weighted by Crippen LogP contribution is 2.48. The molecular formula is C23H22F6N4O2. The number of aliphatic hydroxyl groups is 1. The van der Waals surface area contributed by atoms with E-state index in [0.717, 1.165) is 26.1 Å². The van der Waals surface area contributed by atoms with Crippen LogP contribution < -0.4 is 10.9 Å². The van der Waals surface area contributed by atoms with E-state index in [2.05, 4.69) is 15.3 Å². The van der Waals surface area contributed by atoms with Crippen LogP contribution in [0.4, 0.5) is 32.2 Å². The highest BCUT2D eigenvalue weighted by atomic mass is 19.3. The van der Waals surface area contributed by atoms with Crippen molar-refractivity contribution in [1.29, 1.82) is 0 Å². The Morgan fingerprint density at radius 3 is 2.40 bits per heavy atom. The fourth-order valence-corrected chi connectivity index (χ4v) is 3.89. The minimum Gasteiger partial charge on any atom is -0.384 e. The maximum absolute atomic E-state index is 15.0. The lowest BCUT2D eigenvalue weighted by molar-refractivity contribution is -0.170. The predicted octanol–water partition coefficient (Wildman–Crippen LogP) is 4.61. The van der Waals surface area contributed by atoms with Gasteiger partial charge in [0.15, 0.2) is 0 Å². The molecule has 0 bridgehead atoms. The van der Waals surface area contributed by atoms with Gasteiger partial charge in [0.1, 0.15) is 34.1 Å². The van der Waals surface area contributed by atoms with E-state index < -0.39 is 58.3 Å². The first-order chi connectivity index (χ1) is 16.2. The van der Waals surface area contributed by atoms with Crippen molar-refractivity contribution in [2.45, 2.75) is 63.6 Å². The van der Waals surface area contributed by atoms with Gasteiger partial charge < -0.3 is 15.0 Å². The van der Waals surface area contributed by atoms with Gasteiger partial charge in [0, 0.05) is 18.3 Å². The molecule has 1 saturated carbocycles. The first-order valence-electron chi connectivity index (χ1n) is 10.7. The van der Waals surface area contributed by atoms with Crippen LogP contribution in [0, 0.1) is 18.6 Å². The van der Waals surface area contributed by atoms with Crippen LogP contribution in [0.25, 0.3) is 10.9 Å². The van der Waals surface area contributed by atoms with E-state index in [1.807, 2.05) is 0 Å². The summed E-state index contributed by atoms with van der Waals surface area (Å²) in [6.45, 7) is 2.72. The van der Waals surface area contributed by atoms with E-state index in [1.165, 1.54) is 19.1 Å². The fourth-order valence-electron chi connectivity index (χ4n) is 3.89. The number of benzene rings is 1. The van der Waals surface area contributed by atoms with Gasteiger partial charge in [0.05, 0.1) is 10.9 Å². The van der Waals surface area contributed by atoms with Crippen LogP contribution in [0.5, 0.6) is 0 Å². The van der Waals surface area contributed by atoms with E-state index in [9.17, 15) is 36.2 Å². The molecule has 1 fully saturated rings. The van der Waals surface area contributed by atoms with Crippen LogP contribution in [0.2, 0.25) is 0 Å². The highest BCUT2D eigenvalue weighted by molar-refractivity contribution is 5.88. The van der Waals surface area contributed by atoms with Gasteiger partial charge in [-0.15, -0.1) is 0 Å². The summed E-state index contributed by atoms with van der Waals surface area (Å²) in [6, 6.07) is 3.28. The van der Waals surface area contributed by atoms with Gasteiger partial charge in [-0.2, -0.15) is 13.2 Å². The molecule has 1 aliphatic carbocycles. The largest absolute Gasteiger partial charge is 0.384 e. The molecular weight excluding hydrogens is 478 g/mol. The molecule has 0 amide bonds. The molecule has 2 N–H and O–H groups in total. The molecule has 0 radical (unpaired) electrons. The average Bonchev–Trinajstić information content (AvgIpc) is 3.57. The number of alkyl halides is 4. The number of nitrogens with zero attached hydrogens (tertiary/aromatic N) is 3. The van der Waals surface area contributed by atoms with Gasteiger partial charge in [-0.25, -0.2) is 23.1 Å². The third-order valence-corrected chi connectivity index (χ3v) is 6.21. The van der Waals surface area contributed by atoms with Crippen molar-refractivity contribution in [3.8, 4) is 0 Å². The van der Waals surface area contributed by atoms with Gasteiger partial charge in [-0.05, 0) is 39.7 Å². The van der Waals surface area contributed by atoms with E-state index in [4.69, 9.17) is 0 Å². The van der Waals surface area contributed by atoms with Gasteiger partial charge in [0.25, 0.3) is 12.0 Å². The third kappa shape index (κ3) is 4.03. The van der Waals surface area contributed by atoms with E-state index in [0.29, 0.717) is 4.57 Å². The Morgan fingerprint density at radius 2 is 1.83 bits per heavy atom. The fraction of sp³-hybridized carbons (Fsp3) is 0.435. The van der Waals surface area contributed by atoms with Crippen molar-refractivity contribution in [2.75, 3.05) is 5.32 Å². The molecule has 12 heteroatoms. The Morgan fingerprint density at radius 1 is 1.17 bits per heavy atom. The van der Waals surface area contributed by atoms with Crippen LogP contribution in [0.15, 0.2) is 29.2 Å². The summed E-state index contributed by atoms with van der Waals surface area (Å²) in [6.07, 6.45) is -1.90. The molecule has 1 aromatic carbocycles. The number of pyridine rings is 1. The first-order valence-corrected chi connectivity index (χ1v) is 10.7. The van der Waals surface area contributed by atoms with Crippen molar-refractivity contribution >= 4 is 16.7 Å². The molecule has 1 aliphatic rings. The number of aryl methyl sites for hydroxylation is 1. The molecule has 6 nitrogen and oxygen atoms in total. The van der Waals surface area contributed by atoms with Crippen molar-refractivity contribution in [3.05, 3.63) is 63.3 Å². The summed E-state index contributed by atoms with van der Waals surface area (Å²) < 4.78 is 86.9. The summed E-state index contributed by atoms with van der Waals surface area (Å²) in [4.78, 5) is 20.5. The van der Waals surface area contributed by atoms with E-state index in [1.54, 1.807) is 0 Å². The molecule has 188 valence electrons. The SMILES string of the molecule is Cc1nc(NCc2cccc(C(F)(F)C(C)(C)O)c2F)c2cn(C3(C(F)F)CC3)c(=O)c(F)c2n1. The van der Waals surface area contributed by atoms with Gasteiger partial charge in [-0.1, -0.05) is 12.1 Å². The van der Waals surface area contributed by atoms with Crippen LogP contribution in [-0.2, 0) is 18.0 Å². The molecule has 2 aromatic heterocycles.